The van der Waals surface area contributed by atoms with Gasteiger partial charge in [-0.15, -0.1) is 0 Å². The minimum atomic E-state index is -0.286. The van der Waals surface area contributed by atoms with Gasteiger partial charge in [0.05, 0.1) is 6.04 Å². The van der Waals surface area contributed by atoms with Crippen LogP contribution in [0.25, 0.3) is 0 Å². The van der Waals surface area contributed by atoms with Gasteiger partial charge in [-0.2, -0.15) is 0 Å². The quantitative estimate of drug-likeness (QED) is 0.899. The molecular weight excluding hydrogens is 328 g/mol. The number of fused-ring (bicyclic) bond motifs is 1. The lowest BCUT2D eigenvalue weighted by Crippen LogP contribution is -2.39. The normalized spacial score (nSPS) is 13.8. The van der Waals surface area contributed by atoms with Crippen molar-refractivity contribution in [2.45, 2.75) is 19.5 Å². The van der Waals surface area contributed by atoms with E-state index in [0.717, 1.165) is 5.56 Å². The van der Waals surface area contributed by atoms with E-state index in [-0.39, 0.29) is 18.7 Å². The molecule has 0 fully saturated rings. The van der Waals surface area contributed by atoms with Gasteiger partial charge >= 0.3 is 0 Å². The van der Waals surface area contributed by atoms with E-state index < -0.39 is 0 Å². The Morgan fingerprint density at radius 1 is 1.21 bits per heavy atom. The summed E-state index contributed by atoms with van der Waals surface area (Å²) in [5, 5.41) is 3.61. The zero-order valence-corrected chi connectivity index (χ0v) is 14.3. The maximum atomic E-state index is 12.5. The summed E-state index contributed by atoms with van der Waals surface area (Å²) in [5.74, 6) is 1.27. The summed E-state index contributed by atoms with van der Waals surface area (Å²) < 4.78 is 10.6. The highest BCUT2D eigenvalue weighted by atomic mass is 35.5. The van der Waals surface area contributed by atoms with Crippen molar-refractivity contribution < 1.29 is 14.3 Å². The third kappa shape index (κ3) is 3.80. The number of likely N-dealkylation sites (N-methyl/N-ethyl adjacent to an activating group) is 1. The third-order valence-electron chi connectivity index (χ3n) is 4.03. The summed E-state index contributed by atoms with van der Waals surface area (Å²) in [6.07, 6.45) is 0. The highest BCUT2D eigenvalue weighted by molar-refractivity contribution is 6.30. The van der Waals surface area contributed by atoms with Crippen LogP contribution in [-0.2, 0) is 11.3 Å². The molecule has 1 heterocycles. The Bertz CT molecular complexity index is 734. The monoisotopic (exact) mass is 346 g/mol. The SMILES string of the molecule is CC(C(=O)Nc1ccc2c(c1)OCO2)N(C)Cc1ccc(Cl)cc1. The first-order valence-electron chi connectivity index (χ1n) is 7.68. The smallest absolute Gasteiger partial charge is 0.241 e. The van der Waals surface area contributed by atoms with Crippen LogP contribution in [-0.4, -0.2) is 30.7 Å². The molecule has 1 unspecified atom stereocenters. The Hall–Kier alpha value is -2.24. The molecule has 0 bridgehead atoms. The topological polar surface area (TPSA) is 50.8 Å². The van der Waals surface area contributed by atoms with Crippen LogP contribution in [0.1, 0.15) is 12.5 Å². The molecule has 6 heteroatoms. The van der Waals surface area contributed by atoms with E-state index in [4.69, 9.17) is 21.1 Å². The van der Waals surface area contributed by atoms with Crippen LogP contribution < -0.4 is 14.8 Å². The van der Waals surface area contributed by atoms with E-state index in [1.165, 1.54) is 0 Å². The molecule has 5 nitrogen and oxygen atoms in total. The highest BCUT2D eigenvalue weighted by Crippen LogP contribution is 2.34. The van der Waals surface area contributed by atoms with Crippen molar-refractivity contribution in [1.82, 2.24) is 4.90 Å². The summed E-state index contributed by atoms with van der Waals surface area (Å²) in [5.41, 5.74) is 1.79. The lowest BCUT2D eigenvalue weighted by Gasteiger charge is -2.24. The van der Waals surface area contributed by atoms with Gasteiger partial charge in [0.25, 0.3) is 0 Å². The van der Waals surface area contributed by atoms with Gasteiger partial charge in [-0.25, -0.2) is 0 Å². The first kappa shape index (κ1) is 16.6. The fraction of sp³-hybridized carbons (Fsp3) is 0.278. The zero-order valence-electron chi connectivity index (χ0n) is 13.6. The lowest BCUT2D eigenvalue weighted by molar-refractivity contribution is -0.120. The minimum absolute atomic E-state index is 0.0784. The predicted molar refractivity (Wildman–Crippen MR) is 93.6 cm³/mol. The van der Waals surface area contributed by atoms with Gasteiger partial charge in [0.2, 0.25) is 12.7 Å². The van der Waals surface area contributed by atoms with E-state index in [0.29, 0.717) is 28.8 Å². The molecule has 2 aromatic carbocycles. The van der Waals surface area contributed by atoms with Crippen molar-refractivity contribution in [3.8, 4) is 11.5 Å². The molecule has 1 aliphatic heterocycles. The van der Waals surface area contributed by atoms with Crippen molar-refractivity contribution >= 4 is 23.2 Å². The summed E-state index contributed by atoms with van der Waals surface area (Å²) in [7, 11) is 1.92. The number of anilines is 1. The molecule has 2 aromatic rings. The van der Waals surface area contributed by atoms with Crippen LogP contribution in [0.15, 0.2) is 42.5 Å². The average molecular weight is 347 g/mol. The summed E-state index contributed by atoms with van der Waals surface area (Å²) in [6.45, 7) is 2.75. The molecule has 3 rings (SSSR count). The van der Waals surface area contributed by atoms with Crippen LogP contribution in [0.3, 0.4) is 0 Å². The number of benzene rings is 2. The molecule has 1 atom stereocenters. The van der Waals surface area contributed by atoms with Crippen LogP contribution >= 0.6 is 11.6 Å². The fourth-order valence-corrected chi connectivity index (χ4v) is 2.56. The Morgan fingerprint density at radius 2 is 1.92 bits per heavy atom. The van der Waals surface area contributed by atoms with Gasteiger partial charge in [-0.05, 0) is 43.8 Å². The van der Waals surface area contributed by atoms with E-state index >= 15 is 0 Å². The largest absolute Gasteiger partial charge is 0.454 e. The van der Waals surface area contributed by atoms with Crippen LogP contribution in [0.4, 0.5) is 5.69 Å². The van der Waals surface area contributed by atoms with Crippen molar-refractivity contribution in [1.29, 1.82) is 0 Å². The van der Waals surface area contributed by atoms with Crippen LogP contribution in [0, 0.1) is 0 Å². The Morgan fingerprint density at radius 3 is 2.67 bits per heavy atom. The van der Waals surface area contributed by atoms with E-state index in [1.807, 2.05) is 43.1 Å². The lowest BCUT2D eigenvalue weighted by atomic mass is 10.2. The number of carbonyl (C=O) groups excluding carboxylic acids is 1. The second kappa shape index (κ2) is 7.11. The van der Waals surface area contributed by atoms with Gasteiger partial charge in [0.1, 0.15) is 0 Å². The van der Waals surface area contributed by atoms with Crippen molar-refractivity contribution in [2.24, 2.45) is 0 Å². The molecule has 0 radical (unpaired) electrons. The molecule has 0 spiro atoms. The number of rotatable bonds is 5. The van der Waals surface area contributed by atoms with E-state index in [9.17, 15) is 4.79 Å². The second-order valence-corrected chi connectivity index (χ2v) is 6.21. The average Bonchev–Trinajstić information content (AvgIpc) is 3.03. The molecule has 0 aliphatic carbocycles. The second-order valence-electron chi connectivity index (χ2n) is 5.77. The van der Waals surface area contributed by atoms with E-state index in [1.54, 1.807) is 18.2 Å². The Labute approximate surface area is 146 Å². The van der Waals surface area contributed by atoms with Gasteiger partial charge in [-0.3, -0.25) is 9.69 Å². The number of nitrogens with one attached hydrogen (secondary N) is 1. The molecule has 1 N–H and O–H groups in total. The third-order valence-corrected chi connectivity index (χ3v) is 4.28. The maximum Gasteiger partial charge on any atom is 0.241 e. The van der Waals surface area contributed by atoms with Crippen molar-refractivity contribution in [3.05, 3.63) is 53.1 Å². The first-order valence-corrected chi connectivity index (χ1v) is 8.06. The minimum Gasteiger partial charge on any atom is -0.454 e. The Kier molecular flexibility index (Phi) is 4.92. The molecule has 0 saturated carbocycles. The number of halogens is 1. The molecule has 0 saturated heterocycles. The van der Waals surface area contributed by atoms with Gasteiger partial charge in [0, 0.05) is 23.3 Å². The maximum absolute atomic E-state index is 12.5. The van der Waals surface area contributed by atoms with Crippen LogP contribution in [0.2, 0.25) is 5.02 Å². The van der Waals surface area contributed by atoms with Crippen molar-refractivity contribution in [2.75, 3.05) is 19.2 Å². The molecule has 1 aliphatic rings. The number of nitrogens with zero attached hydrogens (tertiary/aromatic N) is 1. The highest BCUT2D eigenvalue weighted by Gasteiger charge is 2.20. The molecule has 1 amide bonds. The number of amides is 1. The van der Waals surface area contributed by atoms with Crippen molar-refractivity contribution in [3.63, 3.8) is 0 Å². The molecule has 126 valence electrons. The number of hydrogen-bond acceptors (Lipinski definition) is 4. The van der Waals surface area contributed by atoms with Gasteiger partial charge < -0.3 is 14.8 Å². The number of carbonyl (C=O) groups is 1. The zero-order chi connectivity index (χ0) is 17.1. The van der Waals surface area contributed by atoms with E-state index in [2.05, 4.69) is 5.32 Å². The summed E-state index contributed by atoms with van der Waals surface area (Å²) in [4.78, 5) is 14.4. The standard InChI is InChI=1S/C18H19ClN2O3/c1-12(21(2)10-13-3-5-14(19)6-4-13)18(22)20-15-7-8-16-17(9-15)24-11-23-16/h3-9,12H,10-11H2,1-2H3,(H,20,22). The number of hydrogen-bond donors (Lipinski definition) is 1. The van der Waals surface area contributed by atoms with Crippen LogP contribution in [0.5, 0.6) is 11.5 Å². The van der Waals surface area contributed by atoms with Gasteiger partial charge in [0.15, 0.2) is 11.5 Å². The molecular formula is C18H19ClN2O3. The molecule has 24 heavy (non-hydrogen) atoms. The molecule has 0 aromatic heterocycles. The predicted octanol–water partition coefficient (Wildman–Crippen LogP) is 3.53. The number of ether oxygens (including phenoxy) is 2. The first-order chi connectivity index (χ1) is 11.5. The summed E-state index contributed by atoms with van der Waals surface area (Å²) >= 11 is 5.89. The fourth-order valence-electron chi connectivity index (χ4n) is 2.44. The summed E-state index contributed by atoms with van der Waals surface area (Å²) in [6, 6.07) is 12.7. The Balaban J connectivity index is 1.60. The van der Waals surface area contributed by atoms with Gasteiger partial charge in [-0.1, -0.05) is 23.7 Å².